The van der Waals surface area contributed by atoms with E-state index < -0.39 is 0 Å². The van der Waals surface area contributed by atoms with E-state index in [4.69, 9.17) is 26.4 Å². The summed E-state index contributed by atoms with van der Waals surface area (Å²) in [7, 11) is 5.00. The van der Waals surface area contributed by atoms with E-state index in [9.17, 15) is 0 Å². The van der Waals surface area contributed by atoms with Crippen LogP contribution in [0.5, 0.6) is 17.2 Å². The number of methoxy groups -OCH3 is 3. The van der Waals surface area contributed by atoms with Gasteiger partial charge in [-0.3, -0.25) is 4.98 Å². The Morgan fingerprint density at radius 2 is 1.65 bits per heavy atom. The SMILES string of the molecule is COc1cccc(-n2c(C)cc([C@H]3[C@@H](c4ccccn4)NC(=S)N3c3cc(OC)ccc3OC)c2C)c1. The van der Waals surface area contributed by atoms with Crippen molar-refractivity contribution >= 4 is 23.0 Å². The molecule has 8 heteroatoms. The molecule has 0 bridgehead atoms. The van der Waals surface area contributed by atoms with Crippen molar-refractivity contribution in [2.75, 3.05) is 26.2 Å². The van der Waals surface area contributed by atoms with Gasteiger partial charge >= 0.3 is 0 Å². The Morgan fingerprint density at radius 3 is 2.35 bits per heavy atom. The van der Waals surface area contributed by atoms with Gasteiger partial charge in [-0.1, -0.05) is 12.1 Å². The van der Waals surface area contributed by atoms with Crippen molar-refractivity contribution in [1.29, 1.82) is 0 Å². The first-order valence-corrected chi connectivity index (χ1v) is 12.4. The second-order valence-corrected chi connectivity index (χ2v) is 9.28. The Labute approximate surface area is 222 Å². The molecule has 0 radical (unpaired) electrons. The first-order valence-electron chi connectivity index (χ1n) is 12.0. The number of rotatable bonds is 7. The van der Waals surface area contributed by atoms with E-state index >= 15 is 0 Å². The molecule has 4 aromatic rings. The number of nitrogens with zero attached hydrogens (tertiary/aromatic N) is 3. The summed E-state index contributed by atoms with van der Waals surface area (Å²) in [5.74, 6) is 2.24. The van der Waals surface area contributed by atoms with Crippen LogP contribution in [-0.2, 0) is 0 Å². The first kappa shape index (κ1) is 24.6. The Hall–Kier alpha value is -4.04. The fraction of sp³-hybridized carbons (Fsp3) is 0.241. The minimum Gasteiger partial charge on any atom is -0.497 e. The predicted octanol–water partition coefficient (Wildman–Crippen LogP) is 5.69. The zero-order valence-electron chi connectivity index (χ0n) is 21.6. The molecule has 190 valence electrons. The Kier molecular flexibility index (Phi) is 6.76. The summed E-state index contributed by atoms with van der Waals surface area (Å²) in [5, 5.41) is 4.14. The van der Waals surface area contributed by atoms with Crippen molar-refractivity contribution < 1.29 is 14.2 Å². The topological polar surface area (TPSA) is 60.8 Å². The molecule has 7 nitrogen and oxygen atoms in total. The quantitative estimate of drug-likeness (QED) is 0.318. The lowest BCUT2D eigenvalue weighted by molar-refractivity contribution is 0.403. The van der Waals surface area contributed by atoms with E-state index in [2.05, 4.69) is 45.7 Å². The summed E-state index contributed by atoms with van der Waals surface area (Å²) in [4.78, 5) is 6.81. The monoisotopic (exact) mass is 514 g/mol. The molecule has 1 fully saturated rings. The molecule has 1 aliphatic rings. The lowest BCUT2D eigenvalue weighted by Gasteiger charge is -2.29. The molecule has 0 unspecified atom stereocenters. The maximum absolute atomic E-state index is 5.94. The molecule has 5 rings (SSSR count). The summed E-state index contributed by atoms with van der Waals surface area (Å²) in [6.07, 6.45) is 1.81. The van der Waals surface area contributed by atoms with Crippen LogP contribution in [0.3, 0.4) is 0 Å². The molecule has 0 spiro atoms. The van der Waals surface area contributed by atoms with Crippen LogP contribution >= 0.6 is 12.2 Å². The zero-order chi connectivity index (χ0) is 26.1. The van der Waals surface area contributed by atoms with Gasteiger partial charge in [-0.2, -0.15) is 0 Å². The Balaban J connectivity index is 1.71. The number of benzene rings is 2. The normalized spacial score (nSPS) is 17.0. The summed E-state index contributed by atoms with van der Waals surface area (Å²) in [5.41, 5.74) is 6.12. The lowest BCUT2D eigenvalue weighted by Crippen LogP contribution is -2.30. The number of aromatic nitrogens is 2. The number of thiocarbonyl (C=S) groups is 1. The van der Waals surface area contributed by atoms with Crippen molar-refractivity contribution in [3.8, 4) is 22.9 Å². The fourth-order valence-electron chi connectivity index (χ4n) is 5.15. The standard InChI is InChI=1S/C29H30N4O3S/c1-18-15-23(19(2)32(18)20-9-8-10-21(16-20)34-3)28-27(24-11-6-7-14-30-24)31-29(37)33(28)25-17-22(35-4)12-13-26(25)36-5/h6-17,27-28H,1-5H3,(H,31,37)/t27-,28+/m1/s1. The molecule has 3 heterocycles. The smallest absolute Gasteiger partial charge is 0.174 e. The molecule has 0 aliphatic carbocycles. The van der Waals surface area contributed by atoms with Crippen LogP contribution in [0.2, 0.25) is 0 Å². The molecule has 1 aliphatic heterocycles. The van der Waals surface area contributed by atoms with E-state index in [1.54, 1.807) is 21.3 Å². The molecule has 2 aromatic carbocycles. The maximum atomic E-state index is 5.94. The number of nitrogens with one attached hydrogen (secondary N) is 1. The summed E-state index contributed by atoms with van der Waals surface area (Å²) in [6, 6.07) is 21.6. The molecule has 1 N–H and O–H groups in total. The minimum atomic E-state index is -0.186. The van der Waals surface area contributed by atoms with Crippen molar-refractivity contribution in [3.63, 3.8) is 0 Å². The molecular weight excluding hydrogens is 484 g/mol. The van der Waals surface area contributed by atoms with E-state index in [1.165, 1.54) is 0 Å². The van der Waals surface area contributed by atoms with Crippen LogP contribution < -0.4 is 24.4 Å². The average molecular weight is 515 g/mol. The molecule has 2 aromatic heterocycles. The van der Waals surface area contributed by atoms with Gasteiger partial charge < -0.3 is 29.0 Å². The van der Waals surface area contributed by atoms with E-state index in [-0.39, 0.29) is 12.1 Å². The molecule has 1 saturated heterocycles. The van der Waals surface area contributed by atoms with Crippen LogP contribution in [0.1, 0.15) is 34.7 Å². The number of pyridine rings is 1. The van der Waals surface area contributed by atoms with Crippen LogP contribution in [0.25, 0.3) is 5.69 Å². The van der Waals surface area contributed by atoms with Gasteiger partial charge in [0.25, 0.3) is 0 Å². The molecular formula is C29H30N4O3S. The van der Waals surface area contributed by atoms with Crippen LogP contribution in [-0.4, -0.2) is 36.0 Å². The highest BCUT2D eigenvalue weighted by Crippen LogP contribution is 2.47. The molecule has 37 heavy (non-hydrogen) atoms. The summed E-state index contributed by atoms with van der Waals surface area (Å²) >= 11 is 5.94. The van der Waals surface area contributed by atoms with Crippen LogP contribution in [0.4, 0.5) is 5.69 Å². The van der Waals surface area contributed by atoms with E-state index in [1.807, 2.05) is 60.8 Å². The molecule has 0 amide bonds. The highest BCUT2D eigenvalue weighted by molar-refractivity contribution is 7.80. The second-order valence-electron chi connectivity index (χ2n) is 8.90. The van der Waals surface area contributed by atoms with Crippen LogP contribution in [0, 0.1) is 13.8 Å². The van der Waals surface area contributed by atoms with Gasteiger partial charge in [-0.05, 0) is 74.1 Å². The van der Waals surface area contributed by atoms with Gasteiger partial charge in [0.05, 0.1) is 44.8 Å². The Bertz CT molecular complexity index is 1440. The second kappa shape index (κ2) is 10.1. The van der Waals surface area contributed by atoms with Crippen LogP contribution in [0.15, 0.2) is 72.9 Å². The number of ether oxygens (including phenoxy) is 3. The molecule has 2 atom stereocenters. The number of hydrogen-bond acceptors (Lipinski definition) is 5. The van der Waals surface area contributed by atoms with Gasteiger partial charge in [0.15, 0.2) is 5.11 Å². The fourth-order valence-corrected chi connectivity index (χ4v) is 5.49. The van der Waals surface area contributed by atoms with Crippen molar-refractivity contribution in [2.45, 2.75) is 25.9 Å². The Morgan fingerprint density at radius 1 is 0.865 bits per heavy atom. The van der Waals surface area contributed by atoms with Gasteiger partial charge in [0, 0.05) is 35.4 Å². The third kappa shape index (κ3) is 4.38. The number of anilines is 1. The van der Waals surface area contributed by atoms with Gasteiger partial charge in [0.1, 0.15) is 17.2 Å². The largest absolute Gasteiger partial charge is 0.497 e. The molecule has 0 saturated carbocycles. The van der Waals surface area contributed by atoms with Crippen molar-refractivity contribution in [1.82, 2.24) is 14.9 Å². The third-order valence-electron chi connectivity index (χ3n) is 6.84. The lowest BCUT2D eigenvalue weighted by atomic mass is 9.96. The van der Waals surface area contributed by atoms with Gasteiger partial charge in [-0.25, -0.2) is 0 Å². The van der Waals surface area contributed by atoms with Crippen molar-refractivity contribution in [2.24, 2.45) is 0 Å². The van der Waals surface area contributed by atoms with Crippen molar-refractivity contribution in [3.05, 3.63) is 95.6 Å². The van der Waals surface area contributed by atoms with Gasteiger partial charge in [0.2, 0.25) is 0 Å². The predicted molar refractivity (Wildman–Crippen MR) is 149 cm³/mol. The maximum Gasteiger partial charge on any atom is 0.174 e. The average Bonchev–Trinajstić information content (AvgIpc) is 3.43. The third-order valence-corrected chi connectivity index (χ3v) is 7.16. The number of hydrogen-bond donors (Lipinski definition) is 1. The highest BCUT2D eigenvalue weighted by Gasteiger charge is 2.43. The highest BCUT2D eigenvalue weighted by atomic mass is 32.1. The van der Waals surface area contributed by atoms with E-state index in [0.29, 0.717) is 10.9 Å². The first-order chi connectivity index (χ1) is 18.0. The van der Waals surface area contributed by atoms with E-state index in [0.717, 1.165) is 45.5 Å². The zero-order valence-corrected chi connectivity index (χ0v) is 22.4. The van der Waals surface area contributed by atoms with Gasteiger partial charge in [-0.15, -0.1) is 0 Å². The number of aryl methyl sites for hydroxylation is 1. The minimum absolute atomic E-state index is 0.177. The summed E-state index contributed by atoms with van der Waals surface area (Å²) in [6.45, 7) is 4.25. The summed E-state index contributed by atoms with van der Waals surface area (Å²) < 4.78 is 19.1.